The molecule has 1 atom stereocenters. The Balaban J connectivity index is 2.18. The van der Waals surface area contributed by atoms with Gasteiger partial charge < -0.3 is 15.0 Å². The summed E-state index contributed by atoms with van der Waals surface area (Å²) in [6, 6.07) is 16.7. The summed E-state index contributed by atoms with van der Waals surface area (Å²) in [6.45, 7) is 7.89. The van der Waals surface area contributed by atoms with E-state index in [1.54, 1.807) is 18.9 Å². The van der Waals surface area contributed by atoms with Crippen molar-refractivity contribution >= 4 is 23.6 Å². The lowest BCUT2D eigenvalue weighted by Gasteiger charge is -2.31. The zero-order valence-electron chi connectivity index (χ0n) is 17.8. The van der Waals surface area contributed by atoms with Crippen molar-refractivity contribution in [2.24, 2.45) is 0 Å². The molecule has 0 heterocycles. The third-order valence-corrected chi connectivity index (χ3v) is 5.25. The first-order valence-corrected chi connectivity index (χ1v) is 10.6. The lowest BCUT2D eigenvalue weighted by molar-refractivity contribution is -0.139. The Morgan fingerprint density at radius 1 is 1.10 bits per heavy atom. The maximum Gasteiger partial charge on any atom is 0.242 e. The number of nitrogens with zero attached hydrogens (tertiary/aromatic N) is 1. The predicted octanol–water partition coefficient (Wildman–Crippen LogP) is 4.12. The first-order chi connectivity index (χ1) is 13.7. The fourth-order valence-corrected chi connectivity index (χ4v) is 3.57. The van der Waals surface area contributed by atoms with Crippen LogP contribution in [-0.4, -0.2) is 41.2 Å². The van der Waals surface area contributed by atoms with E-state index < -0.39 is 6.04 Å². The number of methoxy groups -OCH3 is 1. The molecule has 0 saturated carbocycles. The van der Waals surface area contributed by atoms with Gasteiger partial charge in [-0.3, -0.25) is 9.59 Å². The van der Waals surface area contributed by atoms with Crippen LogP contribution in [0.5, 0.6) is 5.75 Å². The lowest BCUT2D eigenvalue weighted by Crippen LogP contribution is -2.52. The molecule has 2 aromatic rings. The van der Waals surface area contributed by atoms with Gasteiger partial charge in [0.15, 0.2) is 0 Å². The van der Waals surface area contributed by atoms with Crippen molar-refractivity contribution in [3.8, 4) is 5.75 Å². The van der Waals surface area contributed by atoms with Crippen LogP contribution in [0.2, 0.25) is 0 Å². The van der Waals surface area contributed by atoms with Crippen LogP contribution in [0, 0.1) is 0 Å². The summed E-state index contributed by atoms with van der Waals surface area (Å²) in [7, 11) is 1.61. The summed E-state index contributed by atoms with van der Waals surface area (Å²) in [6.07, 6.45) is 0. The minimum atomic E-state index is -0.593. The minimum Gasteiger partial charge on any atom is -0.497 e. The molecule has 0 saturated heterocycles. The molecule has 2 aromatic carbocycles. The molecule has 5 nitrogen and oxygen atoms in total. The summed E-state index contributed by atoms with van der Waals surface area (Å²) < 4.78 is 5.29. The number of carbonyl (C=O) groups excluding carboxylic acids is 2. The smallest absolute Gasteiger partial charge is 0.242 e. The highest BCUT2D eigenvalue weighted by molar-refractivity contribution is 8.00. The van der Waals surface area contributed by atoms with Gasteiger partial charge in [0.25, 0.3) is 0 Å². The van der Waals surface area contributed by atoms with E-state index >= 15 is 0 Å². The second kappa shape index (κ2) is 10.3. The van der Waals surface area contributed by atoms with E-state index in [0.717, 1.165) is 16.2 Å². The van der Waals surface area contributed by atoms with Gasteiger partial charge in [0, 0.05) is 17.0 Å². The Morgan fingerprint density at radius 3 is 2.41 bits per heavy atom. The summed E-state index contributed by atoms with van der Waals surface area (Å²) in [5.41, 5.74) is 0.548. The van der Waals surface area contributed by atoms with Gasteiger partial charge >= 0.3 is 0 Å². The standard InChI is InChI=1S/C23H30N2O3S/c1-17(22(27)24-23(2,3)4)25(15-18-10-9-11-19(14-18)28-5)21(26)16-29-20-12-7-6-8-13-20/h6-14,17H,15-16H2,1-5H3,(H,24,27)/t17-/m0/s1. The molecule has 0 spiro atoms. The third-order valence-electron chi connectivity index (χ3n) is 4.26. The Labute approximate surface area is 177 Å². The van der Waals surface area contributed by atoms with Crippen LogP contribution in [0.25, 0.3) is 0 Å². The van der Waals surface area contributed by atoms with Gasteiger partial charge in [-0.2, -0.15) is 0 Å². The average Bonchev–Trinajstić information content (AvgIpc) is 2.69. The van der Waals surface area contributed by atoms with E-state index in [0.29, 0.717) is 6.54 Å². The average molecular weight is 415 g/mol. The minimum absolute atomic E-state index is 0.0850. The first-order valence-electron chi connectivity index (χ1n) is 9.62. The molecule has 2 rings (SSSR count). The molecule has 1 N–H and O–H groups in total. The van der Waals surface area contributed by atoms with Crippen molar-refractivity contribution in [1.29, 1.82) is 0 Å². The molecule has 2 amide bonds. The normalized spacial score (nSPS) is 12.2. The highest BCUT2D eigenvalue weighted by atomic mass is 32.2. The molecular weight excluding hydrogens is 384 g/mol. The topological polar surface area (TPSA) is 58.6 Å². The number of hydrogen-bond donors (Lipinski definition) is 1. The molecule has 156 valence electrons. The van der Waals surface area contributed by atoms with Crippen molar-refractivity contribution in [1.82, 2.24) is 10.2 Å². The van der Waals surface area contributed by atoms with Gasteiger partial charge in [-0.05, 0) is 57.5 Å². The molecule has 0 bridgehead atoms. The van der Waals surface area contributed by atoms with Crippen LogP contribution >= 0.6 is 11.8 Å². The Bertz CT molecular complexity index is 818. The maximum absolute atomic E-state index is 13.1. The van der Waals surface area contributed by atoms with E-state index in [2.05, 4.69) is 5.32 Å². The van der Waals surface area contributed by atoms with Gasteiger partial charge in [0.2, 0.25) is 11.8 Å². The van der Waals surface area contributed by atoms with Crippen molar-refractivity contribution in [3.05, 3.63) is 60.2 Å². The van der Waals surface area contributed by atoms with Crippen LogP contribution in [0.4, 0.5) is 0 Å². The van der Waals surface area contributed by atoms with E-state index in [1.807, 2.05) is 75.4 Å². The molecule has 0 unspecified atom stereocenters. The van der Waals surface area contributed by atoms with Gasteiger partial charge in [0.1, 0.15) is 11.8 Å². The molecule has 29 heavy (non-hydrogen) atoms. The van der Waals surface area contributed by atoms with Crippen molar-refractivity contribution in [3.63, 3.8) is 0 Å². The monoisotopic (exact) mass is 414 g/mol. The van der Waals surface area contributed by atoms with Gasteiger partial charge in [0.05, 0.1) is 12.9 Å². The fourth-order valence-electron chi connectivity index (χ4n) is 2.77. The summed E-state index contributed by atoms with van der Waals surface area (Å²) in [4.78, 5) is 28.5. The number of rotatable bonds is 8. The SMILES string of the molecule is COc1cccc(CN(C(=O)CSc2ccccc2)[C@@H](C)C(=O)NC(C)(C)C)c1. The van der Waals surface area contributed by atoms with Crippen molar-refractivity contribution in [2.75, 3.05) is 12.9 Å². The molecule has 0 radical (unpaired) electrons. The predicted molar refractivity (Wildman–Crippen MR) is 118 cm³/mol. The molecule has 0 aliphatic rings. The zero-order valence-corrected chi connectivity index (χ0v) is 18.6. The van der Waals surface area contributed by atoms with Gasteiger partial charge in [-0.1, -0.05) is 30.3 Å². The number of nitrogens with one attached hydrogen (secondary N) is 1. The molecule has 0 fully saturated rings. The van der Waals surface area contributed by atoms with Crippen LogP contribution in [0.1, 0.15) is 33.3 Å². The lowest BCUT2D eigenvalue weighted by atomic mass is 10.1. The molecule has 0 aromatic heterocycles. The largest absolute Gasteiger partial charge is 0.497 e. The summed E-state index contributed by atoms with van der Waals surface area (Å²) in [5.74, 6) is 0.734. The van der Waals surface area contributed by atoms with Crippen LogP contribution in [-0.2, 0) is 16.1 Å². The number of amides is 2. The molecule has 0 aliphatic carbocycles. The van der Waals surface area contributed by atoms with E-state index in [4.69, 9.17) is 4.74 Å². The molecule has 6 heteroatoms. The van der Waals surface area contributed by atoms with E-state index in [-0.39, 0.29) is 23.1 Å². The Morgan fingerprint density at radius 2 is 1.79 bits per heavy atom. The highest BCUT2D eigenvalue weighted by Crippen LogP contribution is 2.21. The molecule has 0 aliphatic heterocycles. The maximum atomic E-state index is 13.1. The van der Waals surface area contributed by atoms with Crippen LogP contribution in [0.3, 0.4) is 0 Å². The summed E-state index contributed by atoms with van der Waals surface area (Å²) in [5, 5.41) is 2.97. The fraction of sp³-hybridized carbons (Fsp3) is 0.391. The number of carbonyl (C=O) groups is 2. The number of benzene rings is 2. The van der Waals surface area contributed by atoms with E-state index in [9.17, 15) is 9.59 Å². The number of hydrogen-bond acceptors (Lipinski definition) is 4. The third kappa shape index (κ3) is 7.46. The highest BCUT2D eigenvalue weighted by Gasteiger charge is 2.28. The summed E-state index contributed by atoms with van der Waals surface area (Å²) >= 11 is 1.47. The van der Waals surface area contributed by atoms with Crippen molar-refractivity contribution in [2.45, 2.75) is 50.7 Å². The second-order valence-corrected chi connectivity index (χ2v) is 8.94. The Hall–Kier alpha value is -2.47. The van der Waals surface area contributed by atoms with Gasteiger partial charge in [-0.15, -0.1) is 11.8 Å². The second-order valence-electron chi connectivity index (χ2n) is 7.89. The Kier molecular flexibility index (Phi) is 8.14. The molecular formula is C23H30N2O3S. The van der Waals surface area contributed by atoms with E-state index in [1.165, 1.54) is 11.8 Å². The zero-order chi connectivity index (χ0) is 21.4. The quantitative estimate of drug-likeness (QED) is 0.660. The van der Waals surface area contributed by atoms with Crippen LogP contribution in [0.15, 0.2) is 59.5 Å². The van der Waals surface area contributed by atoms with Crippen LogP contribution < -0.4 is 10.1 Å². The number of thioether (sulfide) groups is 1. The first kappa shape index (κ1) is 22.8. The van der Waals surface area contributed by atoms with Crippen molar-refractivity contribution < 1.29 is 14.3 Å². The van der Waals surface area contributed by atoms with Gasteiger partial charge in [-0.25, -0.2) is 0 Å². The number of ether oxygens (including phenoxy) is 1.